The molecule has 150 valence electrons. The Bertz CT molecular complexity index is 874. The number of amides is 1. The summed E-state index contributed by atoms with van der Waals surface area (Å²) in [5.41, 5.74) is 1.36. The fourth-order valence-electron chi connectivity index (χ4n) is 3.46. The molecule has 0 spiro atoms. The third-order valence-electron chi connectivity index (χ3n) is 5.45. The molecule has 0 N–H and O–H groups in total. The highest BCUT2D eigenvalue weighted by Gasteiger charge is 2.29. The van der Waals surface area contributed by atoms with Gasteiger partial charge in [-0.3, -0.25) is 9.59 Å². The van der Waals surface area contributed by atoms with Crippen LogP contribution >= 0.6 is 11.6 Å². The van der Waals surface area contributed by atoms with Crippen molar-refractivity contribution < 1.29 is 4.79 Å². The molecule has 1 fully saturated rings. The SMILES string of the molecule is CC(C)N(C)C(=O)C1CCN(c2cnn(Cc3ccccc3)c(=O)c2Cl)CC1. The smallest absolute Gasteiger partial charge is 0.287 e. The Morgan fingerprint density at radius 2 is 1.89 bits per heavy atom. The van der Waals surface area contributed by atoms with Crippen LogP contribution in [0.1, 0.15) is 32.3 Å². The summed E-state index contributed by atoms with van der Waals surface area (Å²) in [5, 5.41) is 4.51. The van der Waals surface area contributed by atoms with Gasteiger partial charge in [-0.05, 0) is 32.3 Å². The molecule has 28 heavy (non-hydrogen) atoms. The van der Waals surface area contributed by atoms with Crippen molar-refractivity contribution in [3.8, 4) is 0 Å². The van der Waals surface area contributed by atoms with Crippen molar-refractivity contribution in [3.05, 3.63) is 57.5 Å². The van der Waals surface area contributed by atoms with E-state index in [0.29, 0.717) is 25.3 Å². The lowest BCUT2D eigenvalue weighted by molar-refractivity contribution is -0.136. The lowest BCUT2D eigenvalue weighted by Crippen LogP contribution is -2.43. The molecule has 1 saturated heterocycles. The summed E-state index contributed by atoms with van der Waals surface area (Å²) in [4.78, 5) is 29.1. The monoisotopic (exact) mass is 402 g/mol. The van der Waals surface area contributed by atoms with Crippen LogP contribution in [-0.4, -0.2) is 46.8 Å². The van der Waals surface area contributed by atoms with Crippen molar-refractivity contribution in [2.24, 2.45) is 5.92 Å². The first kappa shape index (κ1) is 20.4. The Hall–Kier alpha value is -2.34. The van der Waals surface area contributed by atoms with Gasteiger partial charge in [0.25, 0.3) is 5.56 Å². The largest absolute Gasteiger partial charge is 0.369 e. The van der Waals surface area contributed by atoms with E-state index < -0.39 is 0 Å². The van der Waals surface area contributed by atoms with Gasteiger partial charge in [-0.15, -0.1) is 0 Å². The predicted octanol–water partition coefficient (Wildman–Crippen LogP) is 3.03. The maximum atomic E-state index is 12.7. The third kappa shape index (κ3) is 4.38. The van der Waals surface area contributed by atoms with Crippen molar-refractivity contribution in [2.75, 3.05) is 25.0 Å². The van der Waals surface area contributed by atoms with Crippen LogP contribution in [-0.2, 0) is 11.3 Å². The van der Waals surface area contributed by atoms with Crippen molar-refractivity contribution in [1.82, 2.24) is 14.7 Å². The summed E-state index contributed by atoms with van der Waals surface area (Å²) >= 11 is 6.40. The molecule has 0 radical (unpaired) electrons. The van der Waals surface area contributed by atoms with Gasteiger partial charge >= 0.3 is 0 Å². The maximum Gasteiger partial charge on any atom is 0.287 e. The summed E-state index contributed by atoms with van der Waals surface area (Å²) in [5.74, 6) is 0.214. The Kier molecular flexibility index (Phi) is 6.39. The Morgan fingerprint density at radius 1 is 1.25 bits per heavy atom. The van der Waals surface area contributed by atoms with Crippen molar-refractivity contribution in [2.45, 2.75) is 39.3 Å². The topological polar surface area (TPSA) is 58.4 Å². The number of carbonyl (C=O) groups excluding carboxylic acids is 1. The quantitative estimate of drug-likeness (QED) is 0.771. The van der Waals surface area contributed by atoms with E-state index in [0.717, 1.165) is 18.4 Å². The van der Waals surface area contributed by atoms with Gasteiger partial charge in [0.2, 0.25) is 5.91 Å². The van der Waals surface area contributed by atoms with E-state index in [9.17, 15) is 9.59 Å². The minimum absolute atomic E-state index is 0.0221. The summed E-state index contributed by atoms with van der Waals surface area (Å²) in [6.45, 7) is 5.79. The highest BCUT2D eigenvalue weighted by atomic mass is 35.5. The third-order valence-corrected chi connectivity index (χ3v) is 5.80. The zero-order valence-corrected chi connectivity index (χ0v) is 17.4. The summed E-state index contributed by atoms with van der Waals surface area (Å²) in [7, 11) is 1.85. The highest BCUT2D eigenvalue weighted by Crippen LogP contribution is 2.28. The first-order chi connectivity index (χ1) is 13.4. The van der Waals surface area contributed by atoms with Crippen LogP contribution in [0, 0.1) is 5.92 Å². The lowest BCUT2D eigenvalue weighted by atomic mass is 9.94. The Balaban J connectivity index is 1.69. The lowest BCUT2D eigenvalue weighted by Gasteiger charge is -2.35. The molecular formula is C21H27ClN4O2. The molecule has 0 unspecified atom stereocenters. The number of hydrogen-bond acceptors (Lipinski definition) is 4. The fraction of sp³-hybridized carbons (Fsp3) is 0.476. The van der Waals surface area contributed by atoms with E-state index in [1.165, 1.54) is 4.68 Å². The first-order valence-electron chi connectivity index (χ1n) is 9.69. The molecule has 1 aliphatic heterocycles. The van der Waals surface area contributed by atoms with E-state index in [2.05, 4.69) is 10.00 Å². The van der Waals surface area contributed by atoms with Crippen LogP contribution in [0.4, 0.5) is 5.69 Å². The Labute approximate surface area is 170 Å². The number of carbonyl (C=O) groups is 1. The first-order valence-corrected chi connectivity index (χ1v) is 10.1. The second-order valence-corrected chi connectivity index (χ2v) is 7.97. The molecule has 0 saturated carbocycles. The molecule has 2 heterocycles. The molecule has 0 aliphatic carbocycles. The minimum atomic E-state index is -0.291. The van der Waals surface area contributed by atoms with Gasteiger partial charge in [-0.25, -0.2) is 4.68 Å². The number of piperidine rings is 1. The van der Waals surface area contributed by atoms with Crippen molar-refractivity contribution in [3.63, 3.8) is 0 Å². The second kappa shape index (κ2) is 8.78. The van der Waals surface area contributed by atoms with E-state index in [1.807, 2.05) is 51.2 Å². The molecule has 2 aromatic rings. The average molecular weight is 403 g/mol. The normalized spacial score (nSPS) is 15.1. The average Bonchev–Trinajstić information content (AvgIpc) is 2.71. The fourth-order valence-corrected chi connectivity index (χ4v) is 3.72. The van der Waals surface area contributed by atoms with Gasteiger partial charge in [0, 0.05) is 32.1 Å². The molecule has 1 aliphatic rings. The number of rotatable bonds is 5. The number of benzene rings is 1. The highest BCUT2D eigenvalue weighted by molar-refractivity contribution is 6.33. The van der Waals surface area contributed by atoms with Gasteiger partial charge in [0.05, 0.1) is 18.4 Å². The molecule has 7 heteroatoms. The summed E-state index contributed by atoms with van der Waals surface area (Å²) in [6, 6.07) is 9.89. The van der Waals surface area contributed by atoms with Crippen LogP contribution in [0.5, 0.6) is 0 Å². The molecule has 1 aromatic carbocycles. The molecule has 0 bridgehead atoms. The van der Waals surface area contributed by atoms with Crippen molar-refractivity contribution in [1.29, 1.82) is 0 Å². The van der Waals surface area contributed by atoms with Gasteiger partial charge in [0.15, 0.2) is 0 Å². The number of nitrogens with zero attached hydrogens (tertiary/aromatic N) is 4. The molecule has 3 rings (SSSR count). The summed E-state index contributed by atoms with van der Waals surface area (Å²) < 4.78 is 1.38. The molecular weight excluding hydrogens is 376 g/mol. The zero-order valence-electron chi connectivity index (χ0n) is 16.6. The van der Waals surface area contributed by atoms with Crippen LogP contribution in [0.15, 0.2) is 41.3 Å². The van der Waals surface area contributed by atoms with Crippen molar-refractivity contribution >= 4 is 23.2 Å². The summed E-state index contributed by atoms with van der Waals surface area (Å²) in [6.07, 6.45) is 3.16. The molecule has 1 amide bonds. The minimum Gasteiger partial charge on any atom is -0.369 e. The van der Waals surface area contributed by atoms with Gasteiger partial charge in [-0.1, -0.05) is 41.9 Å². The van der Waals surface area contributed by atoms with E-state index in [1.54, 1.807) is 11.1 Å². The van der Waals surface area contributed by atoms with Crippen LogP contribution in [0.25, 0.3) is 0 Å². The molecule has 0 atom stereocenters. The van der Waals surface area contributed by atoms with E-state index >= 15 is 0 Å². The number of halogens is 1. The van der Waals surface area contributed by atoms with E-state index in [-0.39, 0.29) is 28.4 Å². The zero-order chi connectivity index (χ0) is 20.3. The number of aromatic nitrogens is 2. The van der Waals surface area contributed by atoms with Gasteiger partial charge in [0.1, 0.15) is 5.02 Å². The standard InChI is InChI=1S/C21H27ClN4O2/c1-15(2)24(3)20(27)17-9-11-25(12-10-17)18-13-23-26(21(28)19(18)22)14-16-7-5-4-6-8-16/h4-8,13,15,17H,9-12,14H2,1-3H3. The van der Waals surface area contributed by atoms with Gasteiger partial charge in [-0.2, -0.15) is 5.10 Å². The molecule has 6 nitrogen and oxygen atoms in total. The number of anilines is 1. The Morgan fingerprint density at radius 3 is 2.50 bits per heavy atom. The van der Waals surface area contributed by atoms with E-state index in [4.69, 9.17) is 11.6 Å². The van der Waals surface area contributed by atoms with Crippen LogP contribution in [0.2, 0.25) is 5.02 Å². The second-order valence-electron chi connectivity index (χ2n) is 7.60. The predicted molar refractivity (Wildman–Crippen MR) is 112 cm³/mol. The van der Waals surface area contributed by atoms with Gasteiger partial charge < -0.3 is 9.80 Å². The molecule has 1 aromatic heterocycles. The maximum absolute atomic E-state index is 12.7. The van der Waals surface area contributed by atoms with Crippen LogP contribution < -0.4 is 10.5 Å². The van der Waals surface area contributed by atoms with Crippen LogP contribution in [0.3, 0.4) is 0 Å². The number of hydrogen-bond donors (Lipinski definition) is 0.